The number of hydrogen-bond acceptors (Lipinski definition) is 4. The van der Waals surface area contributed by atoms with Crippen molar-refractivity contribution in [2.75, 3.05) is 5.32 Å². The topological polar surface area (TPSA) is 99.7 Å². The van der Waals surface area contributed by atoms with Crippen LogP contribution in [0, 0.1) is 11.3 Å². The molecule has 1 fully saturated rings. The van der Waals surface area contributed by atoms with Crippen LogP contribution in [-0.2, 0) is 14.4 Å². The van der Waals surface area contributed by atoms with Crippen molar-refractivity contribution in [2.45, 2.75) is 111 Å². The number of anilines is 1. The van der Waals surface area contributed by atoms with Crippen LogP contribution in [0.3, 0.4) is 0 Å². The van der Waals surface area contributed by atoms with Crippen LogP contribution in [0.1, 0.15) is 104 Å². The Balaban J connectivity index is 1.77. The van der Waals surface area contributed by atoms with E-state index in [1.807, 2.05) is 24.3 Å². The van der Waals surface area contributed by atoms with Crippen molar-refractivity contribution in [3.63, 3.8) is 0 Å². The molecule has 1 heterocycles. The minimum atomic E-state index is -1.03. The molecule has 0 radical (unpaired) electrons. The first kappa shape index (κ1) is 27.9. The van der Waals surface area contributed by atoms with Crippen LogP contribution < -0.4 is 16.0 Å². The molecule has 1 aliphatic carbocycles. The summed E-state index contributed by atoms with van der Waals surface area (Å²) in [5.41, 5.74) is 1.73. The van der Waals surface area contributed by atoms with Gasteiger partial charge in [-0.3, -0.25) is 19.4 Å². The normalized spacial score (nSPS) is 19.2. The van der Waals surface area contributed by atoms with E-state index in [0.717, 1.165) is 56.2 Å². The molecule has 1 atom stereocenters. The van der Waals surface area contributed by atoms with Crippen LogP contribution in [0.25, 0.3) is 0 Å². The van der Waals surface area contributed by atoms with Crippen molar-refractivity contribution in [2.24, 2.45) is 16.3 Å². The van der Waals surface area contributed by atoms with E-state index in [9.17, 15) is 14.4 Å². The number of aliphatic imine (C=N–C) groups is 1. The predicted octanol–water partition coefficient (Wildman–Crippen LogP) is 5.34. The van der Waals surface area contributed by atoms with Crippen molar-refractivity contribution in [3.8, 4) is 0 Å². The summed E-state index contributed by atoms with van der Waals surface area (Å²) in [7, 11) is 0. The molecule has 198 valence electrons. The number of benzodiazepines with no additional fused rings is 1. The van der Waals surface area contributed by atoms with Gasteiger partial charge in [0.2, 0.25) is 18.0 Å². The third-order valence-electron chi connectivity index (χ3n) is 7.11. The minimum Gasteiger partial charge on any atom is -0.342 e. The van der Waals surface area contributed by atoms with E-state index in [1.165, 1.54) is 0 Å². The van der Waals surface area contributed by atoms with Gasteiger partial charge in [0.15, 0.2) is 0 Å². The van der Waals surface area contributed by atoms with E-state index in [2.05, 4.69) is 50.6 Å². The van der Waals surface area contributed by atoms with Gasteiger partial charge < -0.3 is 16.0 Å². The van der Waals surface area contributed by atoms with Gasteiger partial charge in [0.05, 0.1) is 0 Å². The number of rotatable bonds is 10. The quantitative estimate of drug-likeness (QED) is 0.381. The maximum absolute atomic E-state index is 13.5. The third-order valence-corrected chi connectivity index (χ3v) is 7.11. The molecule has 1 aromatic carbocycles. The number of para-hydroxylation sites is 1. The fraction of sp³-hybridized carbons (Fsp3) is 0.655. The second-order valence-electron chi connectivity index (χ2n) is 12.0. The third kappa shape index (κ3) is 7.65. The van der Waals surface area contributed by atoms with E-state index < -0.39 is 11.7 Å². The Kier molecular flexibility index (Phi) is 9.31. The van der Waals surface area contributed by atoms with Gasteiger partial charge in [-0.2, -0.15) is 0 Å². The molecule has 0 spiro atoms. The number of carbonyl (C=O) groups excluding carboxylic acids is 3. The Morgan fingerprint density at radius 1 is 1.14 bits per heavy atom. The van der Waals surface area contributed by atoms with Crippen LogP contribution in [0.5, 0.6) is 0 Å². The Bertz CT molecular complexity index is 971. The number of nitrogens with one attached hydrogen (secondary N) is 3. The molecule has 36 heavy (non-hydrogen) atoms. The monoisotopic (exact) mass is 496 g/mol. The summed E-state index contributed by atoms with van der Waals surface area (Å²) in [6.45, 7) is 10.9. The van der Waals surface area contributed by atoms with Gasteiger partial charge in [-0.25, -0.2) is 0 Å². The highest BCUT2D eigenvalue weighted by Gasteiger charge is 2.44. The molecule has 1 saturated carbocycles. The van der Waals surface area contributed by atoms with Crippen molar-refractivity contribution < 1.29 is 14.4 Å². The lowest BCUT2D eigenvalue weighted by Gasteiger charge is -2.30. The lowest BCUT2D eigenvalue weighted by molar-refractivity contribution is -0.135. The number of unbranched alkanes of at least 4 members (excludes halogenated alkanes) is 1. The summed E-state index contributed by atoms with van der Waals surface area (Å²) in [6.07, 6.45) is 6.86. The summed E-state index contributed by atoms with van der Waals surface area (Å²) in [6, 6.07) is 7.66. The minimum absolute atomic E-state index is 0.110. The fourth-order valence-electron chi connectivity index (χ4n) is 4.97. The highest BCUT2D eigenvalue weighted by atomic mass is 16.2. The molecule has 1 aromatic rings. The summed E-state index contributed by atoms with van der Waals surface area (Å²) in [5, 5.41) is 8.85. The zero-order chi connectivity index (χ0) is 26.3. The SMILES string of the molecule is CC(C)CCC(=O)NC1(C(=O)NC2N=C(CCCCC(C)(C)C)c3ccccc3NC2=O)CCCC1. The van der Waals surface area contributed by atoms with Crippen molar-refractivity contribution in [1.29, 1.82) is 0 Å². The Labute approximate surface area is 216 Å². The van der Waals surface area contributed by atoms with E-state index in [4.69, 9.17) is 4.99 Å². The van der Waals surface area contributed by atoms with Gasteiger partial charge in [-0.05, 0) is 55.9 Å². The predicted molar refractivity (Wildman–Crippen MR) is 145 cm³/mol. The molecule has 3 N–H and O–H groups in total. The van der Waals surface area contributed by atoms with Gasteiger partial charge in [0, 0.05) is 23.4 Å². The largest absolute Gasteiger partial charge is 0.342 e. The van der Waals surface area contributed by atoms with E-state index >= 15 is 0 Å². The van der Waals surface area contributed by atoms with Crippen molar-refractivity contribution in [3.05, 3.63) is 29.8 Å². The van der Waals surface area contributed by atoms with Gasteiger partial charge >= 0.3 is 0 Å². The average Bonchev–Trinajstić information content (AvgIpc) is 3.23. The molecule has 3 amide bonds. The van der Waals surface area contributed by atoms with Crippen LogP contribution in [0.4, 0.5) is 5.69 Å². The molecule has 7 nitrogen and oxygen atoms in total. The molecule has 2 aliphatic rings. The van der Waals surface area contributed by atoms with Crippen LogP contribution in [-0.4, -0.2) is 35.1 Å². The molecular weight excluding hydrogens is 452 g/mol. The van der Waals surface area contributed by atoms with E-state index in [0.29, 0.717) is 30.9 Å². The molecule has 0 aromatic heterocycles. The van der Waals surface area contributed by atoms with Crippen LogP contribution in [0.15, 0.2) is 29.3 Å². The molecule has 7 heteroatoms. The molecule has 3 rings (SSSR count). The molecule has 0 saturated heterocycles. The fourth-order valence-corrected chi connectivity index (χ4v) is 4.97. The van der Waals surface area contributed by atoms with E-state index in [1.54, 1.807) is 0 Å². The maximum atomic E-state index is 13.5. The Morgan fingerprint density at radius 2 is 1.83 bits per heavy atom. The Morgan fingerprint density at radius 3 is 2.50 bits per heavy atom. The smallest absolute Gasteiger partial charge is 0.269 e. The number of hydrogen-bond donors (Lipinski definition) is 3. The van der Waals surface area contributed by atoms with Gasteiger partial charge in [0.25, 0.3) is 5.91 Å². The van der Waals surface area contributed by atoms with Crippen molar-refractivity contribution >= 4 is 29.1 Å². The van der Waals surface area contributed by atoms with Crippen LogP contribution in [0.2, 0.25) is 0 Å². The number of carbonyl (C=O) groups is 3. The van der Waals surface area contributed by atoms with Gasteiger partial charge in [-0.1, -0.05) is 72.1 Å². The van der Waals surface area contributed by atoms with Crippen LogP contribution >= 0.6 is 0 Å². The first-order valence-electron chi connectivity index (χ1n) is 13.6. The standard InChI is InChI=1S/C29H44N4O3/c1-20(2)15-16-24(34)33-29(18-10-11-19-29)27(36)32-25-26(35)31-23-13-7-6-12-21(23)22(30-25)14-8-9-17-28(3,4)5/h6-7,12-13,20,25H,8-11,14-19H2,1-5H3,(H,31,35)(H,32,36)(H,33,34). The lowest BCUT2D eigenvalue weighted by Crippen LogP contribution is -2.60. The maximum Gasteiger partial charge on any atom is 0.269 e. The zero-order valence-electron chi connectivity index (χ0n) is 22.7. The number of fused-ring (bicyclic) bond motifs is 1. The summed E-state index contributed by atoms with van der Waals surface area (Å²) >= 11 is 0. The molecular formula is C29H44N4O3. The second-order valence-corrected chi connectivity index (χ2v) is 12.0. The van der Waals surface area contributed by atoms with Gasteiger partial charge in [-0.15, -0.1) is 0 Å². The highest BCUT2D eigenvalue weighted by molar-refractivity contribution is 6.12. The number of amides is 3. The lowest BCUT2D eigenvalue weighted by atomic mass is 9.89. The number of nitrogens with zero attached hydrogens (tertiary/aromatic N) is 1. The molecule has 0 bridgehead atoms. The van der Waals surface area contributed by atoms with E-state index in [-0.39, 0.29) is 23.1 Å². The van der Waals surface area contributed by atoms with Crippen molar-refractivity contribution in [1.82, 2.24) is 10.6 Å². The zero-order valence-corrected chi connectivity index (χ0v) is 22.7. The highest BCUT2D eigenvalue weighted by Crippen LogP contribution is 2.31. The second kappa shape index (κ2) is 12.0. The molecule has 1 aliphatic heterocycles. The van der Waals surface area contributed by atoms with Gasteiger partial charge in [0.1, 0.15) is 5.54 Å². The summed E-state index contributed by atoms with van der Waals surface area (Å²) in [5.74, 6) is -0.377. The summed E-state index contributed by atoms with van der Waals surface area (Å²) < 4.78 is 0. The summed E-state index contributed by atoms with van der Waals surface area (Å²) in [4.78, 5) is 44.1. The first-order valence-corrected chi connectivity index (χ1v) is 13.6. The number of benzene rings is 1. The average molecular weight is 497 g/mol. The Hall–Kier alpha value is -2.70. The molecule has 1 unspecified atom stereocenters. The first-order chi connectivity index (χ1) is 17.0.